The second-order valence-electron chi connectivity index (χ2n) is 6.14. The number of pyridine rings is 1. The first-order valence-electron chi connectivity index (χ1n) is 9.09. The van der Waals surface area contributed by atoms with Crippen LogP contribution in [0.3, 0.4) is 0 Å². The Bertz CT molecular complexity index is 951. The normalized spacial score (nSPS) is 10.4. The summed E-state index contributed by atoms with van der Waals surface area (Å²) in [5, 5.41) is 0. The molecule has 0 saturated carbocycles. The lowest BCUT2D eigenvalue weighted by atomic mass is 9.98. The zero-order valence-corrected chi connectivity index (χ0v) is 16.3. The standard InChI is InChI=1S/C23H23NO4/c1-4-28-23(25)20-14-13-18(19-7-5-6-8-22(19)27-3)21(24-20)15-16-9-11-17(26-2)12-10-16/h5-14H,4,15H2,1-3H3. The molecule has 3 rings (SSSR count). The van der Waals surface area contributed by atoms with Crippen LogP contribution in [0.15, 0.2) is 60.7 Å². The SMILES string of the molecule is CCOC(=O)c1ccc(-c2ccccc2OC)c(Cc2ccc(OC)cc2)n1. The van der Waals surface area contributed by atoms with E-state index in [9.17, 15) is 4.79 Å². The molecule has 0 atom stereocenters. The van der Waals surface area contributed by atoms with E-state index in [-0.39, 0.29) is 0 Å². The van der Waals surface area contributed by atoms with E-state index in [4.69, 9.17) is 14.2 Å². The Balaban J connectivity index is 2.06. The highest BCUT2D eigenvalue weighted by atomic mass is 16.5. The molecule has 0 saturated heterocycles. The summed E-state index contributed by atoms with van der Waals surface area (Å²) >= 11 is 0. The second-order valence-corrected chi connectivity index (χ2v) is 6.14. The van der Waals surface area contributed by atoms with Crippen molar-refractivity contribution in [2.24, 2.45) is 0 Å². The molecule has 0 amide bonds. The number of methoxy groups -OCH3 is 2. The summed E-state index contributed by atoms with van der Waals surface area (Å²) in [7, 11) is 3.28. The van der Waals surface area contributed by atoms with Gasteiger partial charge in [-0.3, -0.25) is 0 Å². The van der Waals surface area contributed by atoms with Crippen LogP contribution in [0, 0.1) is 0 Å². The van der Waals surface area contributed by atoms with E-state index in [1.165, 1.54) is 0 Å². The lowest BCUT2D eigenvalue weighted by Crippen LogP contribution is -2.09. The smallest absolute Gasteiger partial charge is 0.356 e. The monoisotopic (exact) mass is 377 g/mol. The van der Waals surface area contributed by atoms with Gasteiger partial charge in [-0.05, 0) is 42.8 Å². The topological polar surface area (TPSA) is 57.7 Å². The Morgan fingerprint density at radius 1 is 0.893 bits per heavy atom. The van der Waals surface area contributed by atoms with Gasteiger partial charge in [0.15, 0.2) is 0 Å². The van der Waals surface area contributed by atoms with Gasteiger partial charge in [0.1, 0.15) is 17.2 Å². The van der Waals surface area contributed by atoms with Gasteiger partial charge in [-0.1, -0.05) is 30.3 Å². The molecule has 0 unspecified atom stereocenters. The van der Waals surface area contributed by atoms with Crippen molar-refractivity contribution in [3.8, 4) is 22.6 Å². The maximum atomic E-state index is 12.2. The van der Waals surface area contributed by atoms with Gasteiger partial charge in [0.2, 0.25) is 0 Å². The third-order valence-corrected chi connectivity index (χ3v) is 4.39. The number of benzene rings is 2. The third kappa shape index (κ3) is 4.31. The van der Waals surface area contributed by atoms with Crippen LogP contribution in [-0.2, 0) is 11.2 Å². The molecule has 1 heterocycles. The molecule has 144 valence electrons. The fourth-order valence-corrected chi connectivity index (χ4v) is 3.00. The molecule has 5 heteroatoms. The molecule has 0 spiro atoms. The average molecular weight is 377 g/mol. The Labute approximate surface area is 164 Å². The summed E-state index contributed by atoms with van der Waals surface area (Å²) in [6, 6.07) is 19.2. The molecule has 1 aromatic heterocycles. The van der Waals surface area contributed by atoms with Crippen LogP contribution in [-0.4, -0.2) is 31.8 Å². The van der Waals surface area contributed by atoms with Crippen LogP contribution >= 0.6 is 0 Å². The van der Waals surface area contributed by atoms with Gasteiger partial charge >= 0.3 is 5.97 Å². The van der Waals surface area contributed by atoms with E-state index in [1.54, 1.807) is 27.2 Å². The number of esters is 1. The Hall–Kier alpha value is -3.34. The van der Waals surface area contributed by atoms with Crippen molar-refractivity contribution in [1.29, 1.82) is 0 Å². The maximum Gasteiger partial charge on any atom is 0.356 e. The first-order chi connectivity index (χ1) is 13.7. The summed E-state index contributed by atoms with van der Waals surface area (Å²) in [6.07, 6.45) is 0.560. The number of carbonyl (C=O) groups excluding carboxylic acids is 1. The molecule has 0 radical (unpaired) electrons. The van der Waals surface area contributed by atoms with Gasteiger partial charge < -0.3 is 14.2 Å². The van der Waals surface area contributed by atoms with Crippen LogP contribution in [0.4, 0.5) is 0 Å². The lowest BCUT2D eigenvalue weighted by molar-refractivity contribution is 0.0519. The molecule has 28 heavy (non-hydrogen) atoms. The van der Waals surface area contributed by atoms with E-state index >= 15 is 0 Å². The number of nitrogens with zero attached hydrogens (tertiary/aromatic N) is 1. The van der Waals surface area contributed by atoms with Gasteiger partial charge in [-0.25, -0.2) is 9.78 Å². The number of hydrogen-bond acceptors (Lipinski definition) is 5. The van der Waals surface area contributed by atoms with Crippen molar-refractivity contribution in [2.75, 3.05) is 20.8 Å². The highest BCUT2D eigenvalue weighted by molar-refractivity contribution is 5.88. The Morgan fingerprint density at radius 3 is 2.32 bits per heavy atom. The molecule has 3 aromatic rings. The van der Waals surface area contributed by atoms with Crippen LogP contribution in [0.1, 0.15) is 28.7 Å². The van der Waals surface area contributed by atoms with Crippen molar-refractivity contribution in [2.45, 2.75) is 13.3 Å². The number of ether oxygens (including phenoxy) is 3. The molecule has 0 N–H and O–H groups in total. The molecule has 0 fully saturated rings. The molecule has 0 bridgehead atoms. The van der Waals surface area contributed by atoms with Gasteiger partial charge in [0.05, 0.1) is 26.5 Å². The fourth-order valence-electron chi connectivity index (χ4n) is 3.00. The quantitative estimate of drug-likeness (QED) is 0.566. The van der Waals surface area contributed by atoms with Crippen molar-refractivity contribution < 1.29 is 19.0 Å². The van der Waals surface area contributed by atoms with Crippen molar-refractivity contribution in [3.05, 3.63) is 77.6 Å². The van der Waals surface area contributed by atoms with Gasteiger partial charge in [0, 0.05) is 17.5 Å². The van der Waals surface area contributed by atoms with Crippen LogP contribution in [0.25, 0.3) is 11.1 Å². The second kappa shape index (κ2) is 9.04. The van der Waals surface area contributed by atoms with E-state index in [1.807, 2.05) is 54.6 Å². The number of para-hydroxylation sites is 1. The minimum Gasteiger partial charge on any atom is -0.497 e. The van der Waals surface area contributed by atoms with Crippen molar-refractivity contribution in [3.63, 3.8) is 0 Å². The number of carbonyl (C=O) groups is 1. The van der Waals surface area contributed by atoms with Crippen molar-refractivity contribution >= 4 is 5.97 Å². The number of aromatic nitrogens is 1. The summed E-state index contributed by atoms with van der Waals surface area (Å²) in [4.78, 5) is 16.8. The third-order valence-electron chi connectivity index (χ3n) is 4.39. The van der Waals surface area contributed by atoms with Gasteiger partial charge in [0.25, 0.3) is 0 Å². The molecular formula is C23H23NO4. The van der Waals surface area contributed by atoms with Gasteiger partial charge in [-0.15, -0.1) is 0 Å². The van der Waals surface area contributed by atoms with Gasteiger partial charge in [-0.2, -0.15) is 0 Å². The summed E-state index contributed by atoms with van der Waals surface area (Å²) in [5.74, 6) is 1.12. The van der Waals surface area contributed by atoms with E-state index in [0.717, 1.165) is 33.9 Å². The molecular weight excluding hydrogens is 354 g/mol. The Kier molecular flexibility index (Phi) is 6.27. The first-order valence-corrected chi connectivity index (χ1v) is 9.09. The molecule has 2 aromatic carbocycles. The molecule has 0 aliphatic heterocycles. The van der Waals surface area contributed by atoms with Crippen LogP contribution in [0.2, 0.25) is 0 Å². The summed E-state index contributed by atoms with van der Waals surface area (Å²) in [6.45, 7) is 2.09. The number of rotatable bonds is 7. The Morgan fingerprint density at radius 2 is 1.64 bits per heavy atom. The zero-order valence-electron chi connectivity index (χ0n) is 16.3. The number of hydrogen-bond donors (Lipinski definition) is 0. The van der Waals surface area contributed by atoms with E-state index < -0.39 is 5.97 Å². The molecule has 0 aliphatic rings. The summed E-state index contributed by atoms with van der Waals surface area (Å²) in [5.41, 5.74) is 3.98. The predicted octanol–water partition coefficient (Wildman–Crippen LogP) is 4.53. The highest BCUT2D eigenvalue weighted by Gasteiger charge is 2.16. The summed E-state index contributed by atoms with van der Waals surface area (Å²) < 4.78 is 15.9. The van der Waals surface area contributed by atoms with Crippen molar-refractivity contribution in [1.82, 2.24) is 4.98 Å². The largest absolute Gasteiger partial charge is 0.497 e. The lowest BCUT2D eigenvalue weighted by Gasteiger charge is -2.14. The average Bonchev–Trinajstić information content (AvgIpc) is 2.74. The van der Waals surface area contributed by atoms with Crippen LogP contribution < -0.4 is 9.47 Å². The molecule has 5 nitrogen and oxygen atoms in total. The fraction of sp³-hybridized carbons (Fsp3) is 0.217. The molecule has 0 aliphatic carbocycles. The van der Waals surface area contributed by atoms with E-state index in [0.29, 0.717) is 18.7 Å². The minimum absolute atomic E-state index is 0.295. The predicted molar refractivity (Wildman–Crippen MR) is 108 cm³/mol. The van der Waals surface area contributed by atoms with Crippen LogP contribution in [0.5, 0.6) is 11.5 Å². The minimum atomic E-state index is -0.426. The highest BCUT2D eigenvalue weighted by Crippen LogP contribution is 2.33. The maximum absolute atomic E-state index is 12.2. The van der Waals surface area contributed by atoms with E-state index in [2.05, 4.69) is 4.98 Å². The zero-order chi connectivity index (χ0) is 19.9. The first kappa shape index (κ1) is 19.4.